The van der Waals surface area contributed by atoms with E-state index in [1.807, 2.05) is 26.0 Å². The minimum Gasteiger partial charge on any atom is -0.493 e. The monoisotopic (exact) mass is 272 g/mol. The van der Waals surface area contributed by atoms with Crippen molar-refractivity contribution in [3.05, 3.63) is 28.3 Å². The van der Waals surface area contributed by atoms with Crippen LogP contribution >= 0.6 is 24.2 Å². The highest BCUT2D eigenvalue weighted by atomic mass is 35.5. The number of hydrogen-bond donors (Lipinski definition) is 1. The molecular weight excluding hydrogens is 252 g/mol. The highest BCUT2D eigenvalue weighted by molar-refractivity contribution is 7.80. The number of halogens is 1. The van der Waals surface area contributed by atoms with Gasteiger partial charge in [-0.1, -0.05) is 25.4 Å². The van der Waals surface area contributed by atoms with Gasteiger partial charge in [0.05, 0.1) is 6.61 Å². The van der Waals surface area contributed by atoms with Gasteiger partial charge < -0.3 is 4.74 Å². The summed E-state index contributed by atoms with van der Waals surface area (Å²) in [5.41, 5.74) is 2.19. The van der Waals surface area contributed by atoms with Crippen molar-refractivity contribution in [1.29, 1.82) is 0 Å². The van der Waals surface area contributed by atoms with Gasteiger partial charge in [-0.3, -0.25) is 0 Å². The van der Waals surface area contributed by atoms with Gasteiger partial charge in [-0.25, -0.2) is 0 Å². The molecule has 0 radical (unpaired) electrons. The Morgan fingerprint density at radius 2 is 1.76 bits per heavy atom. The summed E-state index contributed by atoms with van der Waals surface area (Å²) in [6, 6.07) is 3.88. The summed E-state index contributed by atoms with van der Waals surface area (Å²) in [4.78, 5) is 0. The lowest BCUT2D eigenvalue weighted by molar-refractivity contribution is 0.224. The minimum atomic E-state index is 0.479. The molecule has 0 N–H and O–H groups in total. The fourth-order valence-electron chi connectivity index (χ4n) is 1.77. The van der Waals surface area contributed by atoms with E-state index in [1.54, 1.807) is 0 Å². The van der Waals surface area contributed by atoms with E-state index < -0.39 is 0 Å². The Labute approximate surface area is 115 Å². The van der Waals surface area contributed by atoms with Crippen molar-refractivity contribution in [3.63, 3.8) is 0 Å². The van der Waals surface area contributed by atoms with Gasteiger partial charge in [0.2, 0.25) is 0 Å². The van der Waals surface area contributed by atoms with Crippen LogP contribution in [0.1, 0.15) is 25.0 Å². The maximum Gasteiger partial charge on any atom is 0.125 e. The highest BCUT2D eigenvalue weighted by Crippen LogP contribution is 2.28. The van der Waals surface area contributed by atoms with Gasteiger partial charge in [-0.05, 0) is 48.8 Å². The molecule has 1 unspecified atom stereocenters. The summed E-state index contributed by atoms with van der Waals surface area (Å²) in [5, 5.41) is 0.766. The Hall–Kier alpha value is -0.340. The van der Waals surface area contributed by atoms with Gasteiger partial charge in [-0.2, -0.15) is 12.6 Å². The van der Waals surface area contributed by atoms with Crippen molar-refractivity contribution in [2.24, 2.45) is 11.8 Å². The highest BCUT2D eigenvalue weighted by Gasteiger charge is 2.14. The van der Waals surface area contributed by atoms with Crippen LogP contribution < -0.4 is 4.74 Å². The van der Waals surface area contributed by atoms with Crippen LogP contribution in [0.25, 0.3) is 0 Å². The molecule has 0 amide bonds. The number of rotatable bonds is 5. The fourth-order valence-corrected chi connectivity index (χ4v) is 2.63. The Morgan fingerprint density at radius 1 is 1.24 bits per heavy atom. The van der Waals surface area contributed by atoms with Gasteiger partial charge in [-0.15, -0.1) is 0 Å². The predicted molar refractivity (Wildman–Crippen MR) is 78.6 cm³/mol. The first-order valence-corrected chi connectivity index (χ1v) is 6.97. The average Bonchev–Trinajstić information content (AvgIpc) is 2.21. The Morgan fingerprint density at radius 3 is 2.18 bits per heavy atom. The summed E-state index contributed by atoms with van der Waals surface area (Å²) < 4.78 is 5.93. The topological polar surface area (TPSA) is 9.23 Å². The maximum atomic E-state index is 5.99. The fraction of sp³-hybridized carbons (Fsp3) is 0.571. The predicted octanol–water partition coefficient (Wildman–Crippen LogP) is 4.54. The zero-order chi connectivity index (χ0) is 13.0. The normalized spacial score (nSPS) is 12.9. The largest absolute Gasteiger partial charge is 0.493 e. The molecule has 1 aromatic rings. The lowest BCUT2D eigenvalue weighted by atomic mass is 9.99. The molecule has 0 aliphatic carbocycles. The summed E-state index contributed by atoms with van der Waals surface area (Å²) in [5.74, 6) is 2.87. The van der Waals surface area contributed by atoms with Crippen LogP contribution in [0.15, 0.2) is 12.1 Å². The first-order chi connectivity index (χ1) is 7.95. The van der Waals surface area contributed by atoms with Crippen molar-refractivity contribution >= 4 is 24.2 Å². The van der Waals surface area contributed by atoms with E-state index in [9.17, 15) is 0 Å². The molecule has 3 heteroatoms. The van der Waals surface area contributed by atoms with Gasteiger partial charge in [0.25, 0.3) is 0 Å². The van der Waals surface area contributed by atoms with Crippen molar-refractivity contribution in [3.8, 4) is 5.75 Å². The van der Waals surface area contributed by atoms with E-state index in [0.29, 0.717) is 18.4 Å². The lowest BCUT2D eigenvalue weighted by Crippen LogP contribution is -2.20. The number of benzene rings is 1. The molecule has 0 aliphatic heterocycles. The quantitative estimate of drug-likeness (QED) is 0.775. The Bertz CT molecular complexity index is 353. The van der Waals surface area contributed by atoms with E-state index in [-0.39, 0.29) is 0 Å². The Kier molecular flexibility index (Phi) is 5.68. The van der Waals surface area contributed by atoms with Gasteiger partial charge in [0, 0.05) is 10.9 Å². The molecule has 0 bridgehead atoms. The van der Waals surface area contributed by atoms with Crippen LogP contribution in [0.2, 0.25) is 5.02 Å². The molecule has 1 aromatic carbocycles. The Balaban J connectivity index is 2.75. The van der Waals surface area contributed by atoms with E-state index in [4.69, 9.17) is 16.3 Å². The minimum absolute atomic E-state index is 0.479. The van der Waals surface area contributed by atoms with Crippen LogP contribution in [0.3, 0.4) is 0 Å². The van der Waals surface area contributed by atoms with Crippen LogP contribution in [0, 0.1) is 25.7 Å². The average molecular weight is 273 g/mol. The summed E-state index contributed by atoms with van der Waals surface area (Å²) in [6.07, 6.45) is 0. The number of ether oxygens (including phenoxy) is 1. The standard InChI is InChI=1S/C14H21ClOS/c1-9(2)12(8-17)7-16-14-10(3)5-13(15)6-11(14)4/h5-6,9,12,17H,7-8H2,1-4H3. The third-order valence-corrected chi connectivity index (χ3v) is 3.73. The second-order valence-corrected chi connectivity index (χ2v) is 5.67. The maximum absolute atomic E-state index is 5.99. The molecule has 0 saturated heterocycles. The molecule has 0 fully saturated rings. The first-order valence-electron chi connectivity index (χ1n) is 5.96. The zero-order valence-corrected chi connectivity index (χ0v) is 12.6. The van der Waals surface area contributed by atoms with Gasteiger partial charge >= 0.3 is 0 Å². The molecule has 1 atom stereocenters. The third kappa shape index (κ3) is 4.11. The van der Waals surface area contributed by atoms with Crippen LogP contribution in [0.5, 0.6) is 5.75 Å². The van der Waals surface area contributed by atoms with Gasteiger partial charge in [0.1, 0.15) is 5.75 Å². The molecule has 96 valence electrons. The molecule has 0 spiro atoms. The number of aryl methyl sites for hydroxylation is 2. The molecule has 1 nitrogen and oxygen atoms in total. The van der Waals surface area contributed by atoms with E-state index in [2.05, 4.69) is 26.5 Å². The SMILES string of the molecule is Cc1cc(Cl)cc(C)c1OCC(CS)C(C)C. The summed E-state index contributed by atoms with van der Waals surface area (Å²) in [7, 11) is 0. The van der Waals surface area contributed by atoms with E-state index >= 15 is 0 Å². The third-order valence-electron chi connectivity index (χ3n) is 3.04. The molecule has 0 aromatic heterocycles. The van der Waals surface area contributed by atoms with Crippen molar-refractivity contribution in [2.75, 3.05) is 12.4 Å². The van der Waals surface area contributed by atoms with Crippen molar-refractivity contribution in [2.45, 2.75) is 27.7 Å². The molecule has 1 rings (SSSR count). The second kappa shape index (κ2) is 6.55. The lowest BCUT2D eigenvalue weighted by Gasteiger charge is -2.21. The molecule has 0 heterocycles. The summed E-state index contributed by atoms with van der Waals surface area (Å²) >= 11 is 10.4. The molecular formula is C14H21ClOS. The van der Waals surface area contributed by atoms with Gasteiger partial charge in [0.15, 0.2) is 0 Å². The molecule has 0 aliphatic rings. The van der Waals surface area contributed by atoms with Crippen LogP contribution in [0.4, 0.5) is 0 Å². The second-order valence-electron chi connectivity index (χ2n) is 4.87. The first kappa shape index (κ1) is 14.7. The van der Waals surface area contributed by atoms with Crippen molar-refractivity contribution < 1.29 is 4.74 Å². The van der Waals surface area contributed by atoms with Crippen LogP contribution in [-0.2, 0) is 0 Å². The smallest absolute Gasteiger partial charge is 0.125 e. The van der Waals surface area contributed by atoms with Crippen molar-refractivity contribution in [1.82, 2.24) is 0 Å². The zero-order valence-electron chi connectivity index (χ0n) is 11.0. The molecule has 17 heavy (non-hydrogen) atoms. The van der Waals surface area contributed by atoms with E-state index in [0.717, 1.165) is 27.7 Å². The van der Waals surface area contributed by atoms with E-state index in [1.165, 1.54) is 0 Å². The summed E-state index contributed by atoms with van der Waals surface area (Å²) in [6.45, 7) is 9.17. The molecule has 0 saturated carbocycles. The number of thiol groups is 1. The number of hydrogen-bond acceptors (Lipinski definition) is 2. The van der Waals surface area contributed by atoms with Crippen LogP contribution in [-0.4, -0.2) is 12.4 Å².